The van der Waals surface area contributed by atoms with E-state index in [0.717, 1.165) is 4.70 Å². The maximum Gasteiger partial charge on any atom is 0.250 e. The monoisotopic (exact) mass is 482 g/mol. The molecule has 2 aromatic heterocycles. The number of benzene rings is 2. The van der Waals surface area contributed by atoms with Gasteiger partial charge >= 0.3 is 0 Å². The third-order valence-electron chi connectivity index (χ3n) is 3.92. The lowest BCUT2D eigenvalue weighted by Crippen LogP contribution is -2.07. The van der Waals surface area contributed by atoms with Gasteiger partial charge in [-0.2, -0.15) is 0 Å². The molecule has 2 aromatic carbocycles. The lowest BCUT2D eigenvalue weighted by molar-refractivity contribution is -0.111. The Labute approximate surface area is 189 Å². The fourth-order valence-electron chi connectivity index (χ4n) is 2.58. The molecular formula is C20H10Cl4N2O2S. The number of aromatic nitrogens is 1. The molecule has 0 spiro atoms. The number of halogens is 4. The molecule has 0 aliphatic heterocycles. The maximum absolute atomic E-state index is 12.2. The molecule has 4 aromatic rings. The van der Waals surface area contributed by atoms with E-state index in [-0.39, 0.29) is 5.91 Å². The van der Waals surface area contributed by atoms with Crippen molar-refractivity contribution in [2.45, 2.75) is 0 Å². The Kier molecular flexibility index (Phi) is 5.86. The van der Waals surface area contributed by atoms with Crippen LogP contribution < -0.4 is 5.32 Å². The molecule has 0 aliphatic rings. The standard InChI is InChI=1S/C20H10Cl4N2O2S/c21-12-3-1-2-11(17(12)23)14-7-4-10(28-14)5-9-16(27)25-20-26-19-15(29-20)8-6-13(22)18(19)24/h1-9H,(H,25,26,27). The number of rotatable bonds is 4. The molecule has 0 atom stereocenters. The summed E-state index contributed by atoms with van der Waals surface area (Å²) in [5.74, 6) is 0.686. The molecule has 0 saturated carbocycles. The lowest BCUT2D eigenvalue weighted by Gasteiger charge is -2.01. The number of carbonyl (C=O) groups excluding carboxylic acids is 1. The van der Waals surface area contributed by atoms with E-state index in [0.29, 0.717) is 47.8 Å². The Morgan fingerprint density at radius 2 is 1.79 bits per heavy atom. The predicted molar refractivity (Wildman–Crippen MR) is 121 cm³/mol. The van der Waals surface area contributed by atoms with Gasteiger partial charge in [-0.1, -0.05) is 63.8 Å². The van der Waals surface area contributed by atoms with Crippen molar-refractivity contribution in [2.75, 3.05) is 5.32 Å². The van der Waals surface area contributed by atoms with Crippen LogP contribution >= 0.6 is 57.7 Å². The van der Waals surface area contributed by atoms with Crippen molar-refractivity contribution in [3.63, 3.8) is 0 Å². The van der Waals surface area contributed by atoms with Crippen molar-refractivity contribution >= 4 is 85.1 Å². The van der Waals surface area contributed by atoms with Crippen LogP contribution in [-0.4, -0.2) is 10.9 Å². The first-order chi connectivity index (χ1) is 13.9. The van der Waals surface area contributed by atoms with Crippen LogP contribution in [0.15, 0.2) is 53.0 Å². The number of fused-ring (bicyclic) bond motifs is 1. The van der Waals surface area contributed by atoms with E-state index in [1.165, 1.54) is 17.4 Å². The summed E-state index contributed by atoms with van der Waals surface area (Å²) in [7, 11) is 0. The van der Waals surface area contributed by atoms with E-state index in [9.17, 15) is 4.79 Å². The third kappa shape index (κ3) is 4.29. The van der Waals surface area contributed by atoms with Crippen LogP contribution in [-0.2, 0) is 4.79 Å². The topological polar surface area (TPSA) is 55.1 Å². The lowest BCUT2D eigenvalue weighted by atomic mass is 10.2. The van der Waals surface area contributed by atoms with Gasteiger partial charge in [0.1, 0.15) is 17.0 Å². The third-order valence-corrected chi connectivity index (χ3v) is 6.47. The molecule has 4 nitrogen and oxygen atoms in total. The Hall–Kier alpha value is -2.02. The number of amides is 1. The first kappa shape index (κ1) is 20.3. The van der Waals surface area contributed by atoms with Gasteiger partial charge in [0.15, 0.2) is 5.13 Å². The van der Waals surface area contributed by atoms with E-state index < -0.39 is 0 Å². The van der Waals surface area contributed by atoms with Gasteiger partial charge in [0, 0.05) is 11.6 Å². The molecule has 0 saturated heterocycles. The maximum atomic E-state index is 12.2. The highest BCUT2D eigenvalue weighted by Crippen LogP contribution is 2.36. The van der Waals surface area contributed by atoms with Crippen LogP contribution in [0.2, 0.25) is 20.1 Å². The number of anilines is 1. The van der Waals surface area contributed by atoms with Crippen molar-refractivity contribution in [2.24, 2.45) is 0 Å². The molecule has 0 unspecified atom stereocenters. The smallest absolute Gasteiger partial charge is 0.250 e. The number of hydrogen-bond donors (Lipinski definition) is 1. The number of carbonyl (C=O) groups is 1. The molecule has 4 rings (SSSR count). The van der Waals surface area contributed by atoms with Crippen LogP contribution in [0, 0.1) is 0 Å². The molecule has 9 heteroatoms. The fraction of sp³-hybridized carbons (Fsp3) is 0. The van der Waals surface area contributed by atoms with Crippen LogP contribution in [0.1, 0.15) is 5.76 Å². The zero-order valence-corrected chi connectivity index (χ0v) is 18.2. The highest BCUT2D eigenvalue weighted by Gasteiger charge is 2.12. The SMILES string of the molecule is O=C(C=Cc1ccc(-c2cccc(Cl)c2Cl)o1)Nc1nc2c(Cl)c(Cl)ccc2s1. The molecule has 1 amide bonds. The van der Waals surface area contributed by atoms with Gasteiger partial charge in [-0.25, -0.2) is 4.98 Å². The van der Waals surface area contributed by atoms with Crippen molar-refractivity contribution in [3.8, 4) is 11.3 Å². The Morgan fingerprint density at radius 1 is 1.00 bits per heavy atom. The second kappa shape index (κ2) is 8.38. The van der Waals surface area contributed by atoms with E-state index in [4.69, 9.17) is 50.8 Å². The summed E-state index contributed by atoms with van der Waals surface area (Å²) in [6.45, 7) is 0. The molecule has 0 bridgehead atoms. The highest BCUT2D eigenvalue weighted by atomic mass is 35.5. The number of thiazole rings is 1. The van der Waals surface area contributed by atoms with Crippen molar-refractivity contribution in [3.05, 3.63) is 74.4 Å². The summed E-state index contributed by atoms with van der Waals surface area (Å²) in [4.78, 5) is 16.5. The molecule has 146 valence electrons. The first-order valence-corrected chi connectivity index (χ1v) is 10.5. The number of furan rings is 1. The highest BCUT2D eigenvalue weighted by molar-refractivity contribution is 7.22. The second-order valence-corrected chi connectivity index (χ2v) is 8.45. The summed E-state index contributed by atoms with van der Waals surface area (Å²) in [6.07, 6.45) is 2.90. The largest absolute Gasteiger partial charge is 0.457 e. The molecule has 0 fully saturated rings. The average molecular weight is 484 g/mol. The van der Waals surface area contributed by atoms with Crippen molar-refractivity contribution in [1.29, 1.82) is 0 Å². The van der Waals surface area contributed by atoms with Gasteiger partial charge < -0.3 is 4.42 Å². The van der Waals surface area contributed by atoms with E-state index >= 15 is 0 Å². The van der Waals surface area contributed by atoms with Crippen LogP contribution in [0.3, 0.4) is 0 Å². The second-order valence-electron chi connectivity index (χ2n) is 5.85. The Bertz CT molecular complexity index is 1260. The molecule has 1 N–H and O–H groups in total. The average Bonchev–Trinajstić information content (AvgIpc) is 3.32. The van der Waals surface area contributed by atoms with Crippen LogP contribution in [0.4, 0.5) is 5.13 Å². The summed E-state index contributed by atoms with van der Waals surface area (Å²) in [5.41, 5.74) is 1.23. The molecule has 0 aliphatic carbocycles. The van der Waals surface area contributed by atoms with E-state index in [2.05, 4.69) is 10.3 Å². The minimum atomic E-state index is -0.356. The van der Waals surface area contributed by atoms with Crippen LogP contribution in [0.25, 0.3) is 27.6 Å². The number of nitrogens with one attached hydrogen (secondary N) is 1. The molecule has 2 heterocycles. The van der Waals surface area contributed by atoms with Crippen LogP contribution in [0.5, 0.6) is 0 Å². The Balaban J connectivity index is 1.48. The molecule has 0 radical (unpaired) electrons. The quantitative estimate of drug-likeness (QED) is 0.301. The van der Waals surface area contributed by atoms with Gasteiger partial charge in [-0.3, -0.25) is 10.1 Å². The minimum Gasteiger partial charge on any atom is -0.457 e. The normalized spacial score (nSPS) is 11.4. The van der Waals surface area contributed by atoms with Crippen molar-refractivity contribution < 1.29 is 9.21 Å². The fourth-order valence-corrected chi connectivity index (χ4v) is 4.26. The summed E-state index contributed by atoms with van der Waals surface area (Å²) in [6, 6.07) is 12.3. The van der Waals surface area contributed by atoms with Gasteiger partial charge in [-0.05, 0) is 42.5 Å². The molecule has 29 heavy (non-hydrogen) atoms. The zero-order valence-electron chi connectivity index (χ0n) is 14.4. The van der Waals surface area contributed by atoms with E-state index in [1.54, 1.807) is 48.5 Å². The minimum absolute atomic E-state index is 0.356. The van der Waals surface area contributed by atoms with Crippen molar-refractivity contribution in [1.82, 2.24) is 4.98 Å². The Morgan fingerprint density at radius 3 is 2.62 bits per heavy atom. The number of nitrogens with zero attached hydrogens (tertiary/aromatic N) is 1. The van der Waals surface area contributed by atoms with Gasteiger partial charge in [-0.15, -0.1) is 0 Å². The first-order valence-electron chi connectivity index (χ1n) is 8.20. The summed E-state index contributed by atoms with van der Waals surface area (Å²) >= 11 is 25.7. The van der Waals surface area contributed by atoms with E-state index in [1.807, 2.05) is 0 Å². The van der Waals surface area contributed by atoms with Gasteiger partial charge in [0.2, 0.25) is 5.91 Å². The molecular weight excluding hydrogens is 474 g/mol. The zero-order chi connectivity index (χ0) is 20.5. The van der Waals surface area contributed by atoms with Gasteiger partial charge in [0.05, 0.1) is 24.8 Å². The van der Waals surface area contributed by atoms with Gasteiger partial charge in [0.25, 0.3) is 0 Å². The summed E-state index contributed by atoms with van der Waals surface area (Å²) in [5, 5.41) is 4.74. The predicted octanol–water partition coefficient (Wildman–Crippen LogP) is 7.82. The summed E-state index contributed by atoms with van der Waals surface area (Å²) < 4.78 is 6.55. The number of hydrogen-bond acceptors (Lipinski definition) is 4.